The van der Waals surface area contributed by atoms with E-state index in [-0.39, 0.29) is 0 Å². The normalized spacial score (nSPS) is 14.7. The van der Waals surface area contributed by atoms with E-state index in [2.05, 4.69) is 67.2 Å². The number of rotatable bonds is 0. The molecule has 1 aliphatic carbocycles. The molecular weight excluding hydrogens is 334 g/mol. The lowest BCUT2D eigenvalue weighted by atomic mass is 9.83. The summed E-state index contributed by atoms with van der Waals surface area (Å²) in [7, 11) is 2.19. The van der Waals surface area contributed by atoms with Crippen molar-refractivity contribution in [2.24, 2.45) is 7.05 Å². The van der Waals surface area contributed by atoms with Gasteiger partial charge in [0, 0.05) is 15.9 Å². The monoisotopic (exact) mass is 354 g/mol. The Kier molecular flexibility index (Phi) is 2.91. The van der Waals surface area contributed by atoms with E-state index in [1.165, 1.54) is 73.0 Å². The molecule has 0 spiro atoms. The molecule has 0 N–H and O–H groups in total. The third kappa shape index (κ3) is 1.76. The van der Waals surface area contributed by atoms with Gasteiger partial charge in [-0.1, -0.05) is 42.1 Å². The van der Waals surface area contributed by atoms with Crippen molar-refractivity contribution in [1.29, 1.82) is 0 Å². The number of hydrogen-bond donors (Lipinski definition) is 0. The fourth-order valence-corrected chi connectivity index (χ4v) is 6.38. The largest absolute Gasteiger partial charge is 0.222 e. The minimum Gasteiger partial charge on any atom is -0.200 e. The van der Waals surface area contributed by atoms with Crippen LogP contribution in [0.15, 0.2) is 58.5 Å². The average molecular weight is 354 g/mol. The average Bonchev–Trinajstić information content (AvgIpc) is 2.68. The van der Waals surface area contributed by atoms with E-state index in [0.717, 1.165) is 0 Å². The first kappa shape index (κ1) is 14.8. The molecule has 0 saturated carbocycles. The van der Waals surface area contributed by atoms with Crippen LogP contribution in [0.5, 0.6) is 0 Å². The molecule has 3 aromatic carbocycles. The summed E-state index contributed by atoms with van der Waals surface area (Å²) in [6, 6.07) is 15.9. The number of nitrogens with zero attached hydrogens (tertiary/aromatic N) is 1. The minimum absolute atomic E-state index is 1.20. The summed E-state index contributed by atoms with van der Waals surface area (Å²) in [5, 5.41) is 5.75. The predicted octanol–water partition coefficient (Wildman–Crippen LogP) is 5.75. The summed E-state index contributed by atoms with van der Waals surface area (Å²) in [5.41, 5.74) is 7.41. The first-order valence-corrected chi connectivity index (χ1v) is 10.2. The molecule has 0 fully saturated rings. The van der Waals surface area contributed by atoms with Gasteiger partial charge in [0.2, 0.25) is 5.69 Å². The van der Waals surface area contributed by atoms with Gasteiger partial charge >= 0.3 is 0 Å². The molecule has 0 atom stereocenters. The minimum atomic E-state index is 1.20. The topological polar surface area (TPSA) is 3.88 Å². The SMILES string of the molecule is Cc1c2c(c3c4c(cccc14)CCC3)Sc1cccc3cc[n+](C)c-2c13. The highest BCUT2D eigenvalue weighted by atomic mass is 32.2. The molecule has 126 valence electrons. The van der Waals surface area contributed by atoms with Crippen molar-refractivity contribution in [1.82, 2.24) is 0 Å². The summed E-state index contributed by atoms with van der Waals surface area (Å²) < 4.78 is 2.32. The molecule has 1 aromatic heterocycles. The highest BCUT2D eigenvalue weighted by Crippen LogP contribution is 2.52. The fourth-order valence-electron chi connectivity index (χ4n) is 5.02. The van der Waals surface area contributed by atoms with Gasteiger partial charge in [0.15, 0.2) is 6.20 Å². The molecular formula is C24H20NS+. The Hall–Kier alpha value is -2.32. The lowest BCUT2D eigenvalue weighted by molar-refractivity contribution is -0.659. The van der Waals surface area contributed by atoms with Crippen molar-refractivity contribution in [2.75, 3.05) is 0 Å². The number of benzene rings is 3. The zero-order valence-corrected chi connectivity index (χ0v) is 15.9. The van der Waals surface area contributed by atoms with Crippen LogP contribution in [0.4, 0.5) is 0 Å². The molecule has 2 aliphatic rings. The van der Waals surface area contributed by atoms with Gasteiger partial charge in [0.05, 0.1) is 10.9 Å². The Morgan fingerprint density at radius 3 is 2.77 bits per heavy atom. The van der Waals surface area contributed by atoms with Gasteiger partial charge < -0.3 is 0 Å². The third-order valence-electron chi connectivity index (χ3n) is 6.18. The van der Waals surface area contributed by atoms with Gasteiger partial charge in [0.25, 0.3) is 0 Å². The Morgan fingerprint density at radius 2 is 1.85 bits per heavy atom. The first-order valence-electron chi connectivity index (χ1n) is 9.40. The van der Waals surface area contributed by atoms with Gasteiger partial charge in [-0.3, -0.25) is 0 Å². The van der Waals surface area contributed by atoms with Crippen molar-refractivity contribution >= 4 is 33.3 Å². The Morgan fingerprint density at radius 1 is 0.962 bits per heavy atom. The van der Waals surface area contributed by atoms with Crippen molar-refractivity contribution in [3.63, 3.8) is 0 Å². The summed E-state index contributed by atoms with van der Waals surface area (Å²) in [4.78, 5) is 2.91. The lowest BCUT2D eigenvalue weighted by Gasteiger charge is -2.27. The summed E-state index contributed by atoms with van der Waals surface area (Å²) in [5.74, 6) is 0. The molecule has 2 heteroatoms. The second-order valence-electron chi connectivity index (χ2n) is 7.60. The number of aromatic nitrogens is 1. The Labute approximate surface area is 157 Å². The maximum Gasteiger partial charge on any atom is 0.222 e. The third-order valence-corrected chi connectivity index (χ3v) is 7.39. The molecule has 2 heterocycles. The van der Waals surface area contributed by atoms with Gasteiger partial charge in [-0.15, -0.1) is 0 Å². The van der Waals surface area contributed by atoms with E-state index in [9.17, 15) is 0 Å². The molecule has 0 saturated heterocycles. The molecule has 6 rings (SSSR count). The van der Waals surface area contributed by atoms with Crippen LogP contribution in [-0.4, -0.2) is 0 Å². The van der Waals surface area contributed by atoms with Crippen LogP contribution in [-0.2, 0) is 19.9 Å². The van der Waals surface area contributed by atoms with E-state index in [0.29, 0.717) is 0 Å². The summed E-state index contributed by atoms with van der Waals surface area (Å²) in [6.07, 6.45) is 5.89. The van der Waals surface area contributed by atoms with Gasteiger partial charge in [-0.05, 0) is 65.1 Å². The molecule has 0 amide bonds. The maximum absolute atomic E-state index is 2.33. The Bertz CT molecular complexity index is 1250. The highest BCUT2D eigenvalue weighted by Gasteiger charge is 2.32. The number of pyridine rings is 1. The van der Waals surface area contributed by atoms with E-state index >= 15 is 0 Å². The second-order valence-corrected chi connectivity index (χ2v) is 8.65. The lowest BCUT2D eigenvalue weighted by Crippen LogP contribution is -2.32. The highest BCUT2D eigenvalue weighted by molar-refractivity contribution is 7.99. The maximum atomic E-state index is 2.33. The van der Waals surface area contributed by atoms with Crippen LogP contribution >= 0.6 is 11.8 Å². The smallest absolute Gasteiger partial charge is 0.200 e. The van der Waals surface area contributed by atoms with Crippen LogP contribution in [0.25, 0.3) is 32.8 Å². The van der Waals surface area contributed by atoms with E-state index in [1.54, 1.807) is 5.56 Å². The quantitative estimate of drug-likeness (QED) is 0.320. The van der Waals surface area contributed by atoms with Crippen molar-refractivity contribution in [3.8, 4) is 11.3 Å². The van der Waals surface area contributed by atoms with E-state index in [4.69, 9.17) is 0 Å². The van der Waals surface area contributed by atoms with Crippen LogP contribution in [0.2, 0.25) is 0 Å². The molecule has 0 unspecified atom stereocenters. The zero-order valence-electron chi connectivity index (χ0n) is 15.1. The molecule has 4 aromatic rings. The fraction of sp³-hybridized carbons (Fsp3) is 0.208. The summed E-state index contributed by atoms with van der Waals surface area (Å²) >= 11 is 1.99. The molecule has 1 nitrogen and oxygen atoms in total. The molecule has 0 bridgehead atoms. The number of hydrogen-bond acceptors (Lipinski definition) is 1. The van der Waals surface area contributed by atoms with Crippen molar-refractivity contribution in [3.05, 3.63) is 65.4 Å². The predicted molar refractivity (Wildman–Crippen MR) is 109 cm³/mol. The molecule has 1 aliphatic heterocycles. The zero-order chi connectivity index (χ0) is 17.4. The van der Waals surface area contributed by atoms with Crippen LogP contribution in [0.3, 0.4) is 0 Å². The van der Waals surface area contributed by atoms with Gasteiger partial charge in [0.1, 0.15) is 7.05 Å². The van der Waals surface area contributed by atoms with Gasteiger partial charge in [-0.2, -0.15) is 0 Å². The number of aryl methyl sites for hydroxylation is 4. The van der Waals surface area contributed by atoms with Crippen LogP contribution in [0, 0.1) is 6.92 Å². The van der Waals surface area contributed by atoms with Crippen molar-refractivity contribution < 1.29 is 4.57 Å². The van der Waals surface area contributed by atoms with Gasteiger partial charge in [-0.25, -0.2) is 4.57 Å². The van der Waals surface area contributed by atoms with E-state index < -0.39 is 0 Å². The second kappa shape index (κ2) is 5.11. The summed E-state index contributed by atoms with van der Waals surface area (Å²) in [6.45, 7) is 2.32. The van der Waals surface area contributed by atoms with Crippen LogP contribution < -0.4 is 4.57 Å². The molecule has 0 radical (unpaired) electrons. The number of fused-ring (bicyclic) bond motifs is 3. The Balaban J connectivity index is 1.87. The first-order chi connectivity index (χ1) is 12.7. The van der Waals surface area contributed by atoms with E-state index in [1.807, 2.05) is 11.8 Å². The van der Waals surface area contributed by atoms with Crippen molar-refractivity contribution in [2.45, 2.75) is 36.0 Å². The molecule has 26 heavy (non-hydrogen) atoms. The standard InChI is InChI=1S/C24H20NS/c1-14-17-9-3-6-15-7-4-10-18(21(15)17)24-20(14)23-22-16(12-13-25(23)2)8-5-11-19(22)26-24/h3,5-6,8-9,11-13H,4,7,10H2,1-2H3/q+1. The van der Waals surface area contributed by atoms with Crippen LogP contribution in [0.1, 0.15) is 23.1 Å².